The van der Waals surface area contributed by atoms with Crippen LogP contribution in [0, 0.1) is 0 Å². The largest absolute Gasteiger partial charge is 0.496 e. The Balaban J connectivity index is 2.86. The van der Waals surface area contributed by atoms with Crippen LogP contribution in [0.1, 0.15) is 19.4 Å². The first-order chi connectivity index (χ1) is 9.45. The average molecular weight is 277 g/mol. The molecule has 0 heterocycles. The van der Waals surface area contributed by atoms with Gasteiger partial charge in [0.05, 0.1) is 7.11 Å². The molecule has 0 aliphatic heterocycles. The van der Waals surface area contributed by atoms with E-state index < -0.39 is 5.97 Å². The van der Waals surface area contributed by atoms with E-state index in [-0.39, 0.29) is 18.5 Å². The number of carboxylic acids is 1. The minimum absolute atomic E-state index is 0.180. The Labute approximate surface area is 118 Å². The first-order valence-electron chi connectivity index (χ1n) is 6.29. The number of rotatable bonds is 6. The van der Waals surface area contributed by atoms with E-state index in [0.29, 0.717) is 5.75 Å². The molecule has 0 fully saturated rings. The summed E-state index contributed by atoms with van der Waals surface area (Å²) in [4.78, 5) is 24.1. The number of amides is 1. The van der Waals surface area contributed by atoms with Gasteiger partial charge in [0.2, 0.25) is 5.91 Å². The Kier molecular flexibility index (Phi) is 5.77. The van der Waals surface area contributed by atoms with Crippen molar-refractivity contribution in [2.24, 2.45) is 0 Å². The van der Waals surface area contributed by atoms with Gasteiger partial charge >= 0.3 is 5.97 Å². The number of aliphatic carboxylic acids is 1. The minimum Gasteiger partial charge on any atom is -0.496 e. The van der Waals surface area contributed by atoms with Crippen LogP contribution in [-0.4, -0.2) is 41.6 Å². The lowest BCUT2D eigenvalue weighted by Gasteiger charge is -2.23. The van der Waals surface area contributed by atoms with Gasteiger partial charge in [0.15, 0.2) is 0 Å². The van der Waals surface area contributed by atoms with Gasteiger partial charge in [-0.3, -0.25) is 9.59 Å². The molecule has 20 heavy (non-hydrogen) atoms. The highest BCUT2D eigenvalue weighted by Crippen LogP contribution is 2.18. The van der Waals surface area contributed by atoms with Gasteiger partial charge in [-0.25, -0.2) is 0 Å². The number of hydrogen-bond donors (Lipinski definition) is 1. The first-order valence-corrected chi connectivity index (χ1v) is 6.29. The Bertz CT molecular complexity index is 508. The van der Waals surface area contributed by atoms with Crippen molar-refractivity contribution in [2.75, 3.05) is 13.7 Å². The van der Waals surface area contributed by atoms with Gasteiger partial charge < -0.3 is 14.7 Å². The van der Waals surface area contributed by atoms with Crippen LogP contribution < -0.4 is 4.74 Å². The van der Waals surface area contributed by atoms with E-state index in [1.807, 2.05) is 18.2 Å². The highest BCUT2D eigenvalue weighted by atomic mass is 16.5. The molecule has 5 heteroatoms. The van der Waals surface area contributed by atoms with Crippen LogP contribution in [0.2, 0.25) is 0 Å². The summed E-state index contributed by atoms with van der Waals surface area (Å²) in [7, 11) is 1.55. The third kappa shape index (κ3) is 4.42. The maximum absolute atomic E-state index is 12.0. The van der Waals surface area contributed by atoms with Gasteiger partial charge in [-0.1, -0.05) is 18.2 Å². The average Bonchev–Trinajstić information content (AvgIpc) is 2.42. The van der Waals surface area contributed by atoms with Gasteiger partial charge in [-0.2, -0.15) is 0 Å². The van der Waals surface area contributed by atoms with Gasteiger partial charge in [-0.15, -0.1) is 0 Å². The van der Waals surface area contributed by atoms with Crippen molar-refractivity contribution in [3.8, 4) is 5.75 Å². The Morgan fingerprint density at radius 3 is 2.55 bits per heavy atom. The molecule has 5 nitrogen and oxygen atoms in total. The number of carbonyl (C=O) groups is 2. The van der Waals surface area contributed by atoms with Crippen molar-refractivity contribution in [2.45, 2.75) is 19.9 Å². The number of benzene rings is 1. The van der Waals surface area contributed by atoms with E-state index in [0.717, 1.165) is 5.56 Å². The van der Waals surface area contributed by atoms with E-state index in [2.05, 4.69) is 0 Å². The van der Waals surface area contributed by atoms with Crippen LogP contribution in [-0.2, 0) is 9.59 Å². The van der Waals surface area contributed by atoms with Crippen molar-refractivity contribution in [3.05, 3.63) is 35.9 Å². The lowest BCUT2D eigenvalue weighted by atomic mass is 10.2. The highest BCUT2D eigenvalue weighted by molar-refractivity contribution is 5.94. The molecule has 1 aromatic carbocycles. The van der Waals surface area contributed by atoms with Crippen LogP contribution in [0.15, 0.2) is 30.3 Å². The van der Waals surface area contributed by atoms with E-state index in [1.54, 1.807) is 33.1 Å². The number of carbonyl (C=O) groups excluding carboxylic acids is 1. The Morgan fingerprint density at radius 2 is 2.00 bits per heavy atom. The number of methoxy groups -OCH3 is 1. The van der Waals surface area contributed by atoms with Crippen molar-refractivity contribution < 1.29 is 19.4 Å². The lowest BCUT2D eigenvalue weighted by Crippen LogP contribution is -2.39. The number of para-hydroxylation sites is 1. The minimum atomic E-state index is -1.03. The second-order valence-corrected chi connectivity index (χ2v) is 4.53. The molecule has 1 aromatic rings. The maximum Gasteiger partial charge on any atom is 0.323 e. The summed E-state index contributed by atoms with van der Waals surface area (Å²) in [6, 6.07) is 7.11. The molecule has 0 spiro atoms. The predicted octanol–water partition coefficient (Wildman–Crippen LogP) is 2.03. The van der Waals surface area contributed by atoms with Crippen LogP contribution >= 0.6 is 0 Å². The van der Waals surface area contributed by atoms with E-state index >= 15 is 0 Å². The molecular weight excluding hydrogens is 258 g/mol. The molecule has 0 radical (unpaired) electrons. The van der Waals surface area contributed by atoms with Crippen LogP contribution in [0.4, 0.5) is 0 Å². The molecule has 108 valence electrons. The maximum atomic E-state index is 12.0. The summed E-state index contributed by atoms with van der Waals surface area (Å²) in [6.07, 6.45) is 2.99. The predicted molar refractivity (Wildman–Crippen MR) is 76.5 cm³/mol. The van der Waals surface area contributed by atoms with E-state index in [1.165, 1.54) is 11.0 Å². The molecule has 1 N–H and O–H groups in total. The SMILES string of the molecule is COc1ccccc1/C=C/C(=O)N(CC(=O)O)C(C)C. The summed E-state index contributed by atoms with van der Waals surface area (Å²) in [5.74, 6) is -0.711. The zero-order valence-electron chi connectivity index (χ0n) is 11.9. The molecule has 1 rings (SSSR count). The molecule has 0 bridgehead atoms. The standard InChI is InChI=1S/C15H19NO4/c1-11(2)16(10-15(18)19)14(17)9-8-12-6-4-5-7-13(12)20-3/h4-9,11H,10H2,1-3H3,(H,18,19)/b9-8+. The Morgan fingerprint density at radius 1 is 1.35 bits per heavy atom. The smallest absolute Gasteiger partial charge is 0.323 e. The normalized spacial score (nSPS) is 10.8. The molecule has 0 saturated heterocycles. The first kappa shape index (κ1) is 15.8. The van der Waals surface area contributed by atoms with Gasteiger partial charge in [0.1, 0.15) is 12.3 Å². The number of carboxylic acid groups (broad SMARTS) is 1. The molecular formula is C15H19NO4. The topological polar surface area (TPSA) is 66.8 Å². The summed E-state index contributed by atoms with van der Waals surface area (Å²) < 4.78 is 5.18. The lowest BCUT2D eigenvalue weighted by molar-refractivity contribution is -0.143. The molecule has 0 unspecified atom stereocenters. The van der Waals surface area contributed by atoms with Gasteiger partial charge in [0.25, 0.3) is 0 Å². The van der Waals surface area contributed by atoms with Crippen LogP contribution in [0.3, 0.4) is 0 Å². The molecule has 0 aliphatic carbocycles. The fourth-order valence-corrected chi connectivity index (χ4v) is 1.72. The third-order valence-corrected chi connectivity index (χ3v) is 2.76. The second-order valence-electron chi connectivity index (χ2n) is 4.53. The molecule has 1 amide bonds. The fourth-order valence-electron chi connectivity index (χ4n) is 1.72. The van der Waals surface area contributed by atoms with Crippen LogP contribution in [0.5, 0.6) is 5.75 Å². The van der Waals surface area contributed by atoms with E-state index in [4.69, 9.17) is 9.84 Å². The summed E-state index contributed by atoms with van der Waals surface area (Å²) >= 11 is 0. The third-order valence-electron chi connectivity index (χ3n) is 2.76. The Hall–Kier alpha value is -2.30. The van der Waals surface area contributed by atoms with Crippen molar-refractivity contribution in [1.82, 2.24) is 4.90 Å². The summed E-state index contributed by atoms with van der Waals surface area (Å²) in [6.45, 7) is 3.24. The number of nitrogens with zero attached hydrogens (tertiary/aromatic N) is 1. The fraction of sp³-hybridized carbons (Fsp3) is 0.333. The quantitative estimate of drug-likeness (QED) is 0.808. The van der Waals surface area contributed by atoms with Crippen molar-refractivity contribution >= 4 is 18.0 Å². The van der Waals surface area contributed by atoms with Crippen molar-refractivity contribution in [3.63, 3.8) is 0 Å². The molecule has 0 aliphatic rings. The summed E-state index contributed by atoms with van der Waals surface area (Å²) in [5, 5.41) is 8.81. The number of hydrogen-bond acceptors (Lipinski definition) is 3. The summed E-state index contributed by atoms with van der Waals surface area (Å²) in [5.41, 5.74) is 0.766. The molecule has 0 saturated carbocycles. The highest BCUT2D eigenvalue weighted by Gasteiger charge is 2.17. The monoisotopic (exact) mass is 277 g/mol. The van der Waals surface area contributed by atoms with E-state index in [9.17, 15) is 9.59 Å². The molecule has 0 atom stereocenters. The van der Waals surface area contributed by atoms with Crippen molar-refractivity contribution in [1.29, 1.82) is 0 Å². The van der Waals surface area contributed by atoms with Gasteiger partial charge in [-0.05, 0) is 26.0 Å². The number of ether oxygens (including phenoxy) is 1. The van der Waals surface area contributed by atoms with Crippen LogP contribution in [0.25, 0.3) is 6.08 Å². The van der Waals surface area contributed by atoms with Gasteiger partial charge in [0, 0.05) is 17.7 Å². The molecule has 0 aromatic heterocycles. The second kappa shape index (κ2) is 7.33. The zero-order chi connectivity index (χ0) is 15.1. The zero-order valence-corrected chi connectivity index (χ0v) is 11.9.